The van der Waals surface area contributed by atoms with Crippen molar-refractivity contribution >= 4 is 36.6 Å². The maximum atomic E-state index is 13.9. The normalized spacial score (nSPS) is 16.7. The molecule has 0 N–H and O–H groups in total. The molecule has 1 atom stereocenters. The summed E-state index contributed by atoms with van der Waals surface area (Å²) < 4.78 is 42.2. The molecule has 6 heteroatoms. The van der Waals surface area contributed by atoms with Crippen LogP contribution in [-0.2, 0) is 15.1 Å². The predicted molar refractivity (Wildman–Crippen MR) is 153 cm³/mol. The van der Waals surface area contributed by atoms with E-state index in [0.717, 1.165) is 17.2 Å². The second kappa shape index (κ2) is 9.93. The number of esters is 1. The Balaban J connectivity index is 1.26. The van der Waals surface area contributed by atoms with Crippen LogP contribution in [0.1, 0.15) is 29.5 Å². The summed E-state index contributed by atoms with van der Waals surface area (Å²) in [6.07, 6.45) is 4.60. The molecule has 0 aliphatic heterocycles. The lowest BCUT2D eigenvalue weighted by Crippen LogP contribution is -2.31. The minimum absolute atomic E-state index is 0.232. The lowest BCUT2D eigenvalue weighted by atomic mass is 9.92. The highest BCUT2D eigenvalue weighted by Crippen LogP contribution is 2.49. The summed E-state index contributed by atoms with van der Waals surface area (Å²) >= 11 is 0. The molecule has 1 heterocycles. The van der Waals surface area contributed by atoms with E-state index in [-0.39, 0.29) is 22.6 Å². The number of carbonyl (C=O) groups is 1. The molecule has 4 aromatic carbocycles. The number of halogens is 2. The maximum absolute atomic E-state index is 13.9. The molecule has 0 amide bonds. The number of ether oxygens (including phenoxy) is 2. The van der Waals surface area contributed by atoms with Crippen molar-refractivity contribution in [1.82, 2.24) is 0 Å². The van der Waals surface area contributed by atoms with Crippen molar-refractivity contribution in [2.24, 2.45) is 0 Å². The van der Waals surface area contributed by atoms with Gasteiger partial charge in [-0.1, -0.05) is 30.3 Å². The van der Waals surface area contributed by atoms with Crippen molar-refractivity contribution < 1.29 is 23.0 Å². The Morgan fingerprint density at radius 3 is 2.03 bits per heavy atom. The van der Waals surface area contributed by atoms with Gasteiger partial charge in [-0.2, -0.15) is 0 Å². The van der Waals surface area contributed by atoms with Crippen molar-refractivity contribution in [3.8, 4) is 10.6 Å². The van der Waals surface area contributed by atoms with E-state index in [1.165, 1.54) is 37.2 Å². The minimum atomic E-state index is -1.21. The monoisotopic (exact) mass is 541 g/mol. The molecule has 0 saturated carbocycles. The largest absolute Gasteiger partial charge is 0.481 e. The van der Waals surface area contributed by atoms with Gasteiger partial charge in [-0.05, 0) is 80.3 Å². The second-order valence-electron chi connectivity index (χ2n) is 9.94. The molecular weight excluding hydrogens is 514 g/mol. The molecule has 6 rings (SSSR count). The molecule has 5 aromatic rings. The van der Waals surface area contributed by atoms with Crippen LogP contribution in [0.15, 0.2) is 91.0 Å². The summed E-state index contributed by atoms with van der Waals surface area (Å²) in [6.45, 7) is 3.64. The summed E-state index contributed by atoms with van der Waals surface area (Å²) in [7, 11) is -0.232. The molecular formula is C33H27F2O3S+. The fourth-order valence-corrected chi connectivity index (χ4v) is 8.12. The molecule has 1 aliphatic rings. The Kier molecular flexibility index (Phi) is 6.43. The summed E-state index contributed by atoms with van der Waals surface area (Å²) in [6, 6.07) is 24.5. The average Bonchev–Trinajstić information content (AvgIpc) is 3.51. The van der Waals surface area contributed by atoms with E-state index in [2.05, 4.69) is 60.7 Å². The highest BCUT2D eigenvalue weighted by Gasteiger charge is 2.37. The molecule has 1 aromatic heterocycles. The third-order valence-corrected chi connectivity index (χ3v) is 9.52. The van der Waals surface area contributed by atoms with Crippen LogP contribution in [0.2, 0.25) is 0 Å². The molecule has 0 radical (unpaired) electrons. The van der Waals surface area contributed by atoms with Crippen LogP contribution in [0.4, 0.5) is 8.78 Å². The standard InChI is InChI=1S/C33H27F2O3S/c1-21-15-26(39-29-11-5-3-9-27(29)28-10-4-6-12-30(28)39)16-22(2)32(21)37-20-31(36)38-33(13-7-8-14-33)23-17-24(34)19-25(35)18-23/h3-7,9-13,15-19H,8,14,20H2,1-2H3/q+1. The van der Waals surface area contributed by atoms with Gasteiger partial charge in [0.25, 0.3) is 0 Å². The molecule has 1 aliphatic carbocycles. The van der Waals surface area contributed by atoms with Crippen LogP contribution >= 0.6 is 10.5 Å². The highest BCUT2D eigenvalue weighted by molar-refractivity contribution is 7.50. The molecule has 0 saturated heterocycles. The van der Waals surface area contributed by atoms with Crippen LogP contribution < -0.4 is 4.74 Å². The Morgan fingerprint density at radius 1 is 0.872 bits per heavy atom. The van der Waals surface area contributed by atoms with Crippen molar-refractivity contribution in [3.63, 3.8) is 0 Å². The first-order valence-electron chi connectivity index (χ1n) is 12.9. The quantitative estimate of drug-likeness (QED) is 0.122. The van der Waals surface area contributed by atoms with E-state index in [1.54, 1.807) is 6.08 Å². The van der Waals surface area contributed by atoms with Gasteiger partial charge in [0.1, 0.15) is 17.4 Å². The van der Waals surface area contributed by atoms with Gasteiger partial charge in [-0.15, -0.1) is 0 Å². The first kappa shape index (κ1) is 25.3. The number of allylic oxidation sites excluding steroid dienone is 1. The number of fused-ring (bicyclic) bond motifs is 3. The topological polar surface area (TPSA) is 35.5 Å². The summed E-state index contributed by atoms with van der Waals surface area (Å²) in [5.74, 6) is -1.39. The zero-order valence-corrected chi connectivity index (χ0v) is 22.5. The van der Waals surface area contributed by atoms with Gasteiger partial charge < -0.3 is 9.47 Å². The summed E-state index contributed by atoms with van der Waals surface area (Å²) in [5.41, 5.74) is 0.920. The molecule has 3 nitrogen and oxygen atoms in total. The van der Waals surface area contributed by atoms with Crippen LogP contribution in [-0.4, -0.2) is 12.6 Å². The lowest BCUT2D eigenvalue weighted by molar-refractivity contribution is -0.158. The van der Waals surface area contributed by atoms with Crippen molar-refractivity contribution in [3.05, 3.63) is 119 Å². The second-order valence-corrected chi connectivity index (χ2v) is 11.9. The molecule has 0 spiro atoms. The van der Waals surface area contributed by atoms with Gasteiger partial charge in [-0.25, -0.2) is 13.6 Å². The number of thiophene rings is 1. The zero-order valence-electron chi connectivity index (χ0n) is 21.7. The third-order valence-electron chi connectivity index (χ3n) is 7.22. The summed E-state index contributed by atoms with van der Waals surface area (Å²) in [4.78, 5) is 14.1. The maximum Gasteiger partial charge on any atom is 0.345 e. The van der Waals surface area contributed by atoms with Gasteiger partial charge in [0, 0.05) is 45.0 Å². The van der Waals surface area contributed by atoms with Gasteiger partial charge in [-0.3, -0.25) is 0 Å². The summed E-state index contributed by atoms with van der Waals surface area (Å²) in [5, 5.41) is 2.53. The fraction of sp³-hybridized carbons (Fsp3) is 0.182. The first-order valence-corrected chi connectivity index (χ1v) is 14.1. The number of benzene rings is 4. The number of aryl methyl sites for hydroxylation is 2. The predicted octanol–water partition coefficient (Wildman–Crippen LogP) is 8.79. The molecule has 196 valence electrons. The smallest absolute Gasteiger partial charge is 0.345 e. The zero-order chi connectivity index (χ0) is 27.1. The lowest BCUT2D eigenvalue weighted by Gasteiger charge is -2.28. The minimum Gasteiger partial charge on any atom is -0.481 e. The third kappa shape index (κ3) is 4.59. The van der Waals surface area contributed by atoms with E-state index in [0.29, 0.717) is 18.6 Å². The van der Waals surface area contributed by atoms with Crippen LogP contribution in [0.3, 0.4) is 0 Å². The molecule has 1 unspecified atom stereocenters. The Bertz CT molecular complexity index is 1670. The highest BCUT2D eigenvalue weighted by atomic mass is 32.2. The Labute approximate surface area is 228 Å². The van der Waals surface area contributed by atoms with E-state index >= 15 is 0 Å². The average molecular weight is 542 g/mol. The van der Waals surface area contributed by atoms with Crippen molar-refractivity contribution in [2.45, 2.75) is 32.3 Å². The number of carbonyl (C=O) groups excluding carboxylic acids is 1. The van der Waals surface area contributed by atoms with Crippen molar-refractivity contribution in [2.75, 3.05) is 6.61 Å². The number of hydrogen-bond acceptors (Lipinski definition) is 3. The van der Waals surface area contributed by atoms with Crippen LogP contribution in [0.25, 0.3) is 25.1 Å². The fourth-order valence-electron chi connectivity index (χ4n) is 5.56. The van der Waals surface area contributed by atoms with Gasteiger partial charge in [0.05, 0.1) is 0 Å². The SMILES string of the molecule is Cc1cc(-[s+]2c3ccccc3c3ccccc32)cc(C)c1OCC(=O)OC1(c2cc(F)cc(F)c2)C=CCC1. The molecule has 39 heavy (non-hydrogen) atoms. The van der Waals surface area contributed by atoms with E-state index in [4.69, 9.17) is 9.47 Å². The van der Waals surface area contributed by atoms with E-state index in [9.17, 15) is 13.6 Å². The Hall–Kier alpha value is -4.03. The molecule has 0 bridgehead atoms. The first-order chi connectivity index (χ1) is 18.8. The van der Waals surface area contributed by atoms with Gasteiger partial charge in [0.2, 0.25) is 0 Å². The van der Waals surface area contributed by atoms with Crippen LogP contribution in [0, 0.1) is 25.5 Å². The van der Waals surface area contributed by atoms with E-state index in [1.807, 2.05) is 19.9 Å². The van der Waals surface area contributed by atoms with Gasteiger partial charge >= 0.3 is 5.97 Å². The van der Waals surface area contributed by atoms with E-state index < -0.39 is 23.2 Å². The number of rotatable bonds is 6. The van der Waals surface area contributed by atoms with Crippen LogP contribution in [0.5, 0.6) is 5.75 Å². The van der Waals surface area contributed by atoms with Gasteiger partial charge in [0.15, 0.2) is 26.5 Å². The Morgan fingerprint density at radius 2 is 1.46 bits per heavy atom. The van der Waals surface area contributed by atoms with Crippen molar-refractivity contribution in [1.29, 1.82) is 0 Å². The number of hydrogen-bond donors (Lipinski definition) is 0. The molecule has 0 fully saturated rings.